The molecule has 1 saturated heterocycles. The number of piperazine rings is 1. The molecular weight excluding hydrogens is 328 g/mol. The second-order valence-corrected chi connectivity index (χ2v) is 6.38. The highest BCUT2D eigenvalue weighted by Crippen LogP contribution is 2.15. The van der Waals surface area contributed by atoms with Gasteiger partial charge in [0.2, 0.25) is 5.89 Å². The van der Waals surface area contributed by atoms with Crippen LogP contribution in [0.25, 0.3) is 0 Å². The van der Waals surface area contributed by atoms with E-state index in [0.29, 0.717) is 11.7 Å². The van der Waals surface area contributed by atoms with Crippen LogP contribution in [0.5, 0.6) is 0 Å². The van der Waals surface area contributed by atoms with Gasteiger partial charge in [0.15, 0.2) is 11.8 Å². The van der Waals surface area contributed by atoms with E-state index in [4.69, 9.17) is 9.52 Å². The molecule has 1 aliphatic heterocycles. The molecule has 140 valence electrons. The van der Waals surface area contributed by atoms with Crippen molar-refractivity contribution in [1.82, 2.24) is 20.4 Å². The van der Waals surface area contributed by atoms with Crippen molar-refractivity contribution >= 4 is 11.6 Å². The average molecular weight is 356 g/mol. The molecule has 7 heteroatoms. The quantitative estimate of drug-likeness (QED) is 0.486. The van der Waals surface area contributed by atoms with Crippen LogP contribution in [-0.2, 0) is 6.42 Å². The summed E-state index contributed by atoms with van der Waals surface area (Å²) in [6.07, 6.45) is 1.67. The number of aryl methyl sites for hydroxylation is 2. The van der Waals surface area contributed by atoms with E-state index in [1.165, 1.54) is 5.69 Å². The average Bonchev–Trinajstić information content (AvgIpc) is 3.10. The molecule has 3 rings (SSSR count). The number of benzene rings is 1. The smallest absolute Gasteiger partial charge is 0.226 e. The number of hydrogen-bond acceptors (Lipinski definition) is 5. The first-order valence-corrected chi connectivity index (χ1v) is 9.38. The Hall–Kier alpha value is -2.57. The topological polar surface area (TPSA) is 69.8 Å². The van der Waals surface area contributed by atoms with Crippen molar-refractivity contribution in [3.63, 3.8) is 0 Å². The second-order valence-electron chi connectivity index (χ2n) is 6.38. The number of nitrogens with zero attached hydrogens (tertiary/aromatic N) is 5. The number of anilines is 1. The van der Waals surface area contributed by atoms with Gasteiger partial charge in [-0.1, -0.05) is 23.4 Å². The van der Waals surface area contributed by atoms with Crippen LogP contribution >= 0.6 is 0 Å². The molecule has 0 aliphatic carbocycles. The van der Waals surface area contributed by atoms with Crippen LogP contribution in [0, 0.1) is 6.92 Å². The Morgan fingerprint density at radius 3 is 2.62 bits per heavy atom. The fraction of sp³-hybridized carbons (Fsp3) is 0.526. The lowest BCUT2D eigenvalue weighted by molar-refractivity contribution is 0.368. The van der Waals surface area contributed by atoms with Gasteiger partial charge in [0.1, 0.15) is 0 Å². The van der Waals surface area contributed by atoms with Crippen molar-refractivity contribution in [2.45, 2.75) is 26.7 Å². The maximum Gasteiger partial charge on any atom is 0.226 e. The minimum Gasteiger partial charge on any atom is -0.368 e. The minimum absolute atomic E-state index is 0.688. The maximum absolute atomic E-state index is 5.15. The van der Waals surface area contributed by atoms with E-state index in [1.54, 1.807) is 0 Å². The highest BCUT2D eigenvalue weighted by Gasteiger charge is 2.19. The second kappa shape index (κ2) is 9.22. The van der Waals surface area contributed by atoms with Gasteiger partial charge in [0, 0.05) is 51.4 Å². The summed E-state index contributed by atoms with van der Waals surface area (Å²) in [6, 6.07) is 10.6. The Labute approximate surface area is 155 Å². The first-order valence-electron chi connectivity index (χ1n) is 9.38. The first kappa shape index (κ1) is 18.2. The van der Waals surface area contributed by atoms with Crippen molar-refractivity contribution in [3.8, 4) is 0 Å². The van der Waals surface area contributed by atoms with Gasteiger partial charge in [-0.15, -0.1) is 0 Å². The molecule has 2 heterocycles. The Balaban J connectivity index is 1.49. The molecule has 1 aromatic carbocycles. The third-order valence-corrected chi connectivity index (χ3v) is 4.42. The van der Waals surface area contributed by atoms with Gasteiger partial charge in [-0.2, -0.15) is 4.98 Å². The fourth-order valence-corrected chi connectivity index (χ4v) is 3.10. The van der Waals surface area contributed by atoms with Crippen molar-refractivity contribution in [2.24, 2.45) is 4.99 Å². The van der Waals surface area contributed by atoms with Crippen LogP contribution in [-0.4, -0.2) is 60.3 Å². The molecule has 0 amide bonds. The molecule has 0 saturated carbocycles. The Bertz CT molecular complexity index is 691. The zero-order valence-corrected chi connectivity index (χ0v) is 15.7. The molecular formula is C19H28N6O. The largest absolute Gasteiger partial charge is 0.368 e. The maximum atomic E-state index is 5.15. The van der Waals surface area contributed by atoms with Gasteiger partial charge >= 0.3 is 0 Å². The lowest BCUT2D eigenvalue weighted by atomic mass is 10.2. The standard InChI is InChI=1S/C19H28N6O/c1-3-20-19(21-11-7-10-18-22-16(2)23-26-18)25-14-12-24(13-15-25)17-8-5-4-6-9-17/h4-6,8-9H,3,7,10-15H2,1-2H3,(H,20,21). The summed E-state index contributed by atoms with van der Waals surface area (Å²) in [5, 5.41) is 7.23. The summed E-state index contributed by atoms with van der Waals surface area (Å²) >= 11 is 0. The molecule has 1 N–H and O–H groups in total. The molecule has 0 unspecified atom stereocenters. The van der Waals surface area contributed by atoms with E-state index in [-0.39, 0.29) is 0 Å². The van der Waals surface area contributed by atoms with Gasteiger partial charge in [0.05, 0.1) is 0 Å². The van der Waals surface area contributed by atoms with Crippen LogP contribution in [0.3, 0.4) is 0 Å². The third-order valence-electron chi connectivity index (χ3n) is 4.42. The number of rotatable bonds is 6. The highest BCUT2D eigenvalue weighted by molar-refractivity contribution is 5.80. The van der Waals surface area contributed by atoms with Gasteiger partial charge in [0.25, 0.3) is 0 Å². The van der Waals surface area contributed by atoms with E-state index >= 15 is 0 Å². The monoisotopic (exact) mass is 356 g/mol. The van der Waals surface area contributed by atoms with Crippen LogP contribution in [0.2, 0.25) is 0 Å². The van der Waals surface area contributed by atoms with E-state index < -0.39 is 0 Å². The first-order chi connectivity index (χ1) is 12.8. The molecule has 0 bridgehead atoms. The number of para-hydroxylation sites is 1. The molecule has 0 radical (unpaired) electrons. The zero-order valence-electron chi connectivity index (χ0n) is 15.7. The molecule has 7 nitrogen and oxygen atoms in total. The predicted molar refractivity (Wildman–Crippen MR) is 104 cm³/mol. The molecule has 1 aromatic heterocycles. The summed E-state index contributed by atoms with van der Waals surface area (Å²) < 4.78 is 5.15. The third kappa shape index (κ3) is 4.97. The van der Waals surface area contributed by atoms with Crippen molar-refractivity contribution in [2.75, 3.05) is 44.2 Å². The van der Waals surface area contributed by atoms with Crippen LogP contribution in [0.15, 0.2) is 39.8 Å². The van der Waals surface area contributed by atoms with Gasteiger partial charge in [-0.3, -0.25) is 4.99 Å². The predicted octanol–water partition coefficient (Wildman–Crippen LogP) is 2.10. The Morgan fingerprint density at radius 2 is 1.96 bits per heavy atom. The molecule has 0 atom stereocenters. The summed E-state index contributed by atoms with van der Waals surface area (Å²) in [5.41, 5.74) is 1.30. The number of hydrogen-bond donors (Lipinski definition) is 1. The minimum atomic E-state index is 0.688. The van der Waals surface area contributed by atoms with Crippen molar-refractivity contribution in [1.29, 1.82) is 0 Å². The Morgan fingerprint density at radius 1 is 1.19 bits per heavy atom. The lowest BCUT2D eigenvalue weighted by Gasteiger charge is -2.37. The van der Waals surface area contributed by atoms with Gasteiger partial charge in [-0.25, -0.2) is 0 Å². The fourth-order valence-electron chi connectivity index (χ4n) is 3.10. The van der Waals surface area contributed by atoms with Crippen LogP contribution < -0.4 is 10.2 Å². The number of nitrogens with one attached hydrogen (secondary N) is 1. The molecule has 1 fully saturated rings. The van der Waals surface area contributed by atoms with Gasteiger partial charge < -0.3 is 19.6 Å². The van der Waals surface area contributed by atoms with E-state index in [1.807, 2.05) is 6.92 Å². The SMILES string of the molecule is CCNC(=NCCCc1nc(C)no1)N1CCN(c2ccccc2)CC1. The molecule has 2 aromatic rings. The summed E-state index contributed by atoms with van der Waals surface area (Å²) in [4.78, 5) is 13.8. The normalized spacial score (nSPS) is 15.4. The van der Waals surface area contributed by atoms with E-state index in [0.717, 1.165) is 58.1 Å². The van der Waals surface area contributed by atoms with Gasteiger partial charge in [-0.05, 0) is 32.4 Å². The van der Waals surface area contributed by atoms with E-state index in [2.05, 4.69) is 62.5 Å². The molecule has 26 heavy (non-hydrogen) atoms. The summed E-state index contributed by atoms with van der Waals surface area (Å²) in [5.74, 6) is 2.38. The summed E-state index contributed by atoms with van der Waals surface area (Å²) in [6.45, 7) is 9.54. The highest BCUT2D eigenvalue weighted by atomic mass is 16.5. The number of aromatic nitrogens is 2. The zero-order chi connectivity index (χ0) is 18.2. The number of aliphatic imine (C=N–C) groups is 1. The van der Waals surface area contributed by atoms with Crippen LogP contribution in [0.4, 0.5) is 5.69 Å². The van der Waals surface area contributed by atoms with Crippen molar-refractivity contribution in [3.05, 3.63) is 42.0 Å². The number of guanidine groups is 1. The summed E-state index contributed by atoms with van der Waals surface area (Å²) in [7, 11) is 0. The molecule has 0 spiro atoms. The van der Waals surface area contributed by atoms with E-state index in [9.17, 15) is 0 Å². The lowest BCUT2D eigenvalue weighted by Crippen LogP contribution is -2.52. The molecule has 1 aliphatic rings. The van der Waals surface area contributed by atoms with Crippen LogP contribution in [0.1, 0.15) is 25.1 Å². The Kier molecular flexibility index (Phi) is 6.46. The van der Waals surface area contributed by atoms with Crippen molar-refractivity contribution < 1.29 is 4.52 Å².